The molecule has 3 heteroatoms. The molecule has 0 aliphatic carbocycles. The Balaban J connectivity index is 1.46. The van der Waals surface area contributed by atoms with Crippen LogP contribution in [-0.2, 0) is 6.42 Å². The fourth-order valence-electron chi connectivity index (χ4n) is 3.69. The van der Waals surface area contributed by atoms with Crippen LogP contribution >= 0.6 is 0 Å². The van der Waals surface area contributed by atoms with E-state index in [1.165, 1.54) is 31.5 Å². The van der Waals surface area contributed by atoms with E-state index >= 15 is 0 Å². The highest BCUT2D eigenvalue weighted by Gasteiger charge is 2.19. The number of fused-ring (bicyclic) bond motifs is 1. The minimum absolute atomic E-state index is 0.210. The summed E-state index contributed by atoms with van der Waals surface area (Å²) in [4.78, 5) is 2.55. The van der Waals surface area contributed by atoms with Crippen molar-refractivity contribution in [3.63, 3.8) is 0 Å². The summed E-state index contributed by atoms with van der Waals surface area (Å²) >= 11 is 0. The Hall–Kier alpha value is -2.39. The van der Waals surface area contributed by atoms with Crippen LogP contribution < -0.4 is 0 Å². The van der Waals surface area contributed by atoms with Gasteiger partial charge in [-0.1, -0.05) is 30.4 Å². The molecule has 0 N–H and O–H groups in total. The van der Waals surface area contributed by atoms with E-state index < -0.39 is 0 Å². The highest BCUT2D eigenvalue weighted by atomic mass is 19.1. The molecule has 1 fully saturated rings. The summed E-state index contributed by atoms with van der Waals surface area (Å²) in [5, 5.41) is 1.13. The fraction of sp³-hybridized carbons (Fsp3) is 0.304. The Morgan fingerprint density at radius 1 is 1.08 bits per heavy atom. The van der Waals surface area contributed by atoms with E-state index in [4.69, 9.17) is 4.42 Å². The molecule has 2 nitrogen and oxygen atoms in total. The molecule has 3 aromatic rings. The molecular formula is C23H24FNO. The van der Waals surface area contributed by atoms with Gasteiger partial charge in [0.25, 0.3) is 0 Å². The quantitative estimate of drug-likeness (QED) is 0.544. The second kappa shape index (κ2) is 7.46. The largest absolute Gasteiger partial charge is 0.461 e. The van der Waals surface area contributed by atoms with Gasteiger partial charge in [-0.2, -0.15) is 0 Å². The van der Waals surface area contributed by atoms with Crippen LogP contribution in [0.25, 0.3) is 23.1 Å². The monoisotopic (exact) mass is 349 g/mol. The van der Waals surface area contributed by atoms with E-state index in [0.29, 0.717) is 6.04 Å². The van der Waals surface area contributed by atoms with Crippen LogP contribution in [0.3, 0.4) is 0 Å². The summed E-state index contributed by atoms with van der Waals surface area (Å²) in [5.74, 6) is 0.844. The van der Waals surface area contributed by atoms with Crippen molar-refractivity contribution in [2.24, 2.45) is 0 Å². The molecule has 1 unspecified atom stereocenters. The summed E-state index contributed by atoms with van der Waals surface area (Å²) in [6, 6.07) is 15.6. The van der Waals surface area contributed by atoms with E-state index in [-0.39, 0.29) is 5.82 Å². The van der Waals surface area contributed by atoms with Crippen molar-refractivity contribution in [2.75, 3.05) is 13.1 Å². The van der Waals surface area contributed by atoms with Gasteiger partial charge in [0.1, 0.15) is 17.2 Å². The summed E-state index contributed by atoms with van der Waals surface area (Å²) in [6.07, 6.45) is 7.62. The van der Waals surface area contributed by atoms with E-state index in [0.717, 1.165) is 40.8 Å². The van der Waals surface area contributed by atoms with E-state index in [1.807, 2.05) is 18.2 Å². The minimum atomic E-state index is -0.210. The molecule has 2 heterocycles. The minimum Gasteiger partial charge on any atom is -0.461 e. The van der Waals surface area contributed by atoms with Gasteiger partial charge >= 0.3 is 0 Å². The maximum atomic E-state index is 13.0. The smallest absolute Gasteiger partial charge is 0.134 e. The molecule has 1 aromatic heterocycles. The number of furan rings is 1. The van der Waals surface area contributed by atoms with E-state index in [1.54, 1.807) is 12.1 Å². The molecule has 0 radical (unpaired) electrons. The van der Waals surface area contributed by atoms with Gasteiger partial charge in [0.05, 0.1) is 0 Å². The topological polar surface area (TPSA) is 16.4 Å². The molecule has 1 saturated heterocycles. The van der Waals surface area contributed by atoms with Crippen molar-refractivity contribution >= 4 is 23.1 Å². The molecule has 0 saturated carbocycles. The molecule has 1 aliphatic rings. The third-order valence-electron chi connectivity index (χ3n) is 5.27. The lowest BCUT2D eigenvalue weighted by molar-refractivity contribution is 0.266. The third-order valence-corrected chi connectivity index (χ3v) is 5.27. The van der Waals surface area contributed by atoms with E-state index in [2.05, 4.69) is 30.0 Å². The van der Waals surface area contributed by atoms with Crippen LogP contribution in [0.15, 0.2) is 52.9 Å². The van der Waals surface area contributed by atoms with Gasteiger partial charge in [-0.15, -0.1) is 0 Å². The van der Waals surface area contributed by atoms with Crippen molar-refractivity contribution < 1.29 is 8.81 Å². The Morgan fingerprint density at radius 2 is 1.85 bits per heavy atom. The number of rotatable bonds is 5. The highest BCUT2D eigenvalue weighted by Crippen LogP contribution is 2.23. The summed E-state index contributed by atoms with van der Waals surface area (Å²) < 4.78 is 19.0. The Morgan fingerprint density at radius 3 is 2.62 bits per heavy atom. The number of likely N-dealkylation sites (tertiary alicyclic amines) is 1. The fourth-order valence-corrected chi connectivity index (χ4v) is 3.69. The lowest BCUT2D eigenvalue weighted by Gasteiger charge is -2.19. The van der Waals surface area contributed by atoms with Crippen molar-refractivity contribution in [3.8, 4) is 0 Å². The predicted octanol–water partition coefficient (Wildman–Crippen LogP) is 5.77. The van der Waals surface area contributed by atoms with Gasteiger partial charge in [-0.25, -0.2) is 4.39 Å². The Kier molecular flexibility index (Phi) is 4.89. The molecule has 26 heavy (non-hydrogen) atoms. The second-order valence-corrected chi connectivity index (χ2v) is 7.17. The summed E-state index contributed by atoms with van der Waals surface area (Å²) in [7, 11) is 0. The SMILES string of the molecule is CC1CCCN1CCc1cc2cc(C=Cc3ccc(F)cc3)ccc2o1. The van der Waals surface area contributed by atoms with Gasteiger partial charge in [0, 0.05) is 24.4 Å². The molecule has 0 bridgehead atoms. The van der Waals surface area contributed by atoms with Crippen LogP contribution in [0, 0.1) is 5.82 Å². The molecular weight excluding hydrogens is 325 g/mol. The van der Waals surface area contributed by atoms with Gasteiger partial charge in [0.2, 0.25) is 0 Å². The average Bonchev–Trinajstić information content (AvgIpc) is 3.24. The van der Waals surface area contributed by atoms with Crippen LogP contribution in [0.1, 0.15) is 36.7 Å². The van der Waals surface area contributed by atoms with Crippen molar-refractivity contribution in [1.29, 1.82) is 0 Å². The molecule has 4 rings (SSSR count). The maximum absolute atomic E-state index is 13.0. The summed E-state index contributed by atoms with van der Waals surface area (Å²) in [5.41, 5.74) is 3.04. The first-order valence-corrected chi connectivity index (χ1v) is 9.37. The average molecular weight is 349 g/mol. The first-order chi connectivity index (χ1) is 12.7. The van der Waals surface area contributed by atoms with E-state index in [9.17, 15) is 4.39 Å². The lowest BCUT2D eigenvalue weighted by Crippen LogP contribution is -2.28. The second-order valence-electron chi connectivity index (χ2n) is 7.17. The zero-order chi connectivity index (χ0) is 17.9. The van der Waals surface area contributed by atoms with Crippen molar-refractivity contribution in [2.45, 2.75) is 32.2 Å². The standard InChI is InChI=1S/C23H24FNO/c1-17-3-2-13-25(17)14-12-22-16-20-15-19(8-11-23(20)26-22)5-4-18-6-9-21(24)10-7-18/h4-11,15-17H,2-3,12-14H2,1H3. The first kappa shape index (κ1) is 17.0. The molecule has 0 spiro atoms. The lowest BCUT2D eigenvalue weighted by atomic mass is 10.1. The number of halogens is 1. The number of benzene rings is 2. The Bertz CT molecular complexity index is 910. The maximum Gasteiger partial charge on any atom is 0.134 e. The molecule has 134 valence electrons. The highest BCUT2D eigenvalue weighted by molar-refractivity contribution is 5.82. The predicted molar refractivity (Wildman–Crippen MR) is 106 cm³/mol. The zero-order valence-corrected chi connectivity index (χ0v) is 15.1. The third kappa shape index (κ3) is 3.88. The Labute approximate surface area is 153 Å². The number of hydrogen-bond donors (Lipinski definition) is 0. The van der Waals surface area contributed by atoms with Crippen LogP contribution in [-0.4, -0.2) is 24.0 Å². The van der Waals surface area contributed by atoms with Crippen molar-refractivity contribution in [1.82, 2.24) is 4.90 Å². The summed E-state index contributed by atoms with van der Waals surface area (Å²) in [6.45, 7) is 4.59. The van der Waals surface area contributed by atoms with Gasteiger partial charge in [0.15, 0.2) is 0 Å². The zero-order valence-electron chi connectivity index (χ0n) is 15.1. The van der Waals surface area contributed by atoms with Crippen LogP contribution in [0.4, 0.5) is 4.39 Å². The van der Waals surface area contributed by atoms with Gasteiger partial charge < -0.3 is 9.32 Å². The van der Waals surface area contributed by atoms with Gasteiger partial charge in [-0.3, -0.25) is 0 Å². The number of nitrogens with zero attached hydrogens (tertiary/aromatic N) is 1. The molecule has 2 aromatic carbocycles. The van der Waals surface area contributed by atoms with Gasteiger partial charge in [-0.05, 0) is 67.8 Å². The molecule has 1 atom stereocenters. The normalized spacial score (nSPS) is 18.3. The first-order valence-electron chi connectivity index (χ1n) is 9.37. The van der Waals surface area contributed by atoms with Crippen LogP contribution in [0.5, 0.6) is 0 Å². The van der Waals surface area contributed by atoms with Crippen molar-refractivity contribution in [3.05, 3.63) is 71.2 Å². The molecule has 0 amide bonds. The molecule has 1 aliphatic heterocycles. The number of hydrogen-bond acceptors (Lipinski definition) is 2. The van der Waals surface area contributed by atoms with Crippen LogP contribution in [0.2, 0.25) is 0 Å².